The van der Waals surface area contributed by atoms with Gasteiger partial charge in [0.1, 0.15) is 0 Å². The van der Waals surface area contributed by atoms with Gasteiger partial charge in [-0.2, -0.15) is 0 Å². The van der Waals surface area contributed by atoms with Gasteiger partial charge < -0.3 is 9.84 Å². The number of hydrogen-bond acceptors (Lipinski definition) is 3. The van der Waals surface area contributed by atoms with E-state index in [9.17, 15) is 9.90 Å². The van der Waals surface area contributed by atoms with E-state index in [1.165, 1.54) is 18.2 Å². The van der Waals surface area contributed by atoms with Gasteiger partial charge in [-0.05, 0) is 73.1 Å². The third kappa shape index (κ3) is 2.48. The monoisotopic (exact) mass is 288 g/mol. The molecule has 0 radical (unpaired) electrons. The zero-order valence-corrected chi connectivity index (χ0v) is 12.9. The van der Waals surface area contributed by atoms with Crippen LogP contribution in [-0.4, -0.2) is 24.3 Å². The number of aliphatic hydroxyl groups is 1. The molecule has 3 atom stereocenters. The highest BCUT2D eigenvalue weighted by molar-refractivity contribution is 5.89. The molecule has 21 heavy (non-hydrogen) atoms. The minimum atomic E-state index is -0.261. The molecular weight excluding hydrogens is 264 g/mol. The highest BCUT2D eigenvalue weighted by Gasteiger charge is 2.42. The van der Waals surface area contributed by atoms with E-state index in [0.717, 1.165) is 38.5 Å². The summed E-state index contributed by atoms with van der Waals surface area (Å²) in [5, 5.41) is 9.99. The zero-order valence-electron chi connectivity index (χ0n) is 12.9. The molecule has 0 aromatic heterocycles. The number of carbonyl (C=O) groups is 1. The molecule has 2 aliphatic rings. The summed E-state index contributed by atoms with van der Waals surface area (Å²) < 4.78 is 4.83. The number of fused-ring (bicyclic) bond motifs is 3. The van der Waals surface area contributed by atoms with Gasteiger partial charge in [-0.15, -0.1) is 0 Å². The van der Waals surface area contributed by atoms with Crippen LogP contribution in [-0.2, 0) is 16.6 Å². The van der Waals surface area contributed by atoms with Crippen molar-refractivity contribution in [3.8, 4) is 0 Å². The summed E-state index contributed by atoms with van der Waals surface area (Å²) in [4.78, 5) is 11.7. The summed E-state index contributed by atoms with van der Waals surface area (Å²) in [5.41, 5.74) is 3.46. The fraction of sp³-hybridized carbons (Fsp3) is 0.611. The second-order valence-electron chi connectivity index (χ2n) is 6.80. The van der Waals surface area contributed by atoms with Crippen LogP contribution in [0.25, 0.3) is 0 Å². The Kier molecular flexibility index (Phi) is 3.78. The van der Waals surface area contributed by atoms with Crippen LogP contribution >= 0.6 is 0 Å². The first kappa shape index (κ1) is 14.6. The topological polar surface area (TPSA) is 46.5 Å². The number of methoxy groups -OCH3 is 1. The van der Waals surface area contributed by atoms with E-state index < -0.39 is 0 Å². The Morgan fingerprint density at radius 3 is 2.95 bits per heavy atom. The van der Waals surface area contributed by atoms with Crippen LogP contribution in [0.3, 0.4) is 0 Å². The summed E-state index contributed by atoms with van der Waals surface area (Å²) in [6.07, 6.45) is 5.99. The van der Waals surface area contributed by atoms with E-state index in [1.54, 1.807) is 0 Å². The molecule has 1 aromatic carbocycles. The normalized spacial score (nSPS) is 31.8. The van der Waals surface area contributed by atoms with Gasteiger partial charge in [0.05, 0.1) is 18.8 Å². The summed E-state index contributed by atoms with van der Waals surface area (Å²) in [6.45, 7) is 2.34. The van der Waals surface area contributed by atoms with Crippen molar-refractivity contribution in [1.82, 2.24) is 0 Å². The molecule has 0 heterocycles. The number of hydrogen-bond donors (Lipinski definition) is 1. The van der Waals surface area contributed by atoms with Crippen molar-refractivity contribution in [1.29, 1.82) is 0 Å². The van der Waals surface area contributed by atoms with Gasteiger partial charge in [0, 0.05) is 0 Å². The van der Waals surface area contributed by atoms with Crippen molar-refractivity contribution in [2.75, 3.05) is 7.11 Å². The number of benzene rings is 1. The molecule has 1 saturated carbocycles. The van der Waals surface area contributed by atoms with Crippen LogP contribution in [0, 0.1) is 5.92 Å². The summed E-state index contributed by atoms with van der Waals surface area (Å²) >= 11 is 0. The first-order valence-corrected chi connectivity index (χ1v) is 7.94. The lowest BCUT2D eigenvalue weighted by Crippen LogP contribution is -2.39. The molecule has 3 unspecified atom stereocenters. The predicted octanol–water partition coefficient (Wildman–Crippen LogP) is 3.23. The van der Waals surface area contributed by atoms with Crippen molar-refractivity contribution >= 4 is 5.97 Å². The van der Waals surface area contributed by atoms with E-state index in [0.29, 0.717) is 11.5 Å². The Balaban J connectivity index is 2.02. The van der Waals surface area contributed by atoms with Crippen molar-refractivity contribution in [3.63, 3.8) is 0 Å². The molecule has 3 rings (SSSR count). The predicted molar refractivity (Wildman–Crippen MR) is 81.4 cm³/mol. The molecule has 1 N–H and O–H groups in total. The molecule has 114 valence electrons. The molecule has 0 saturated heterocycles. The molecule has 0 amide bonds. The van der Waals surface area contributed by atoms with Crippen LogP contribution in [0.2, 0.25) is 0 Å². The Labute approximate surface area is 126 Å². The minimum Gasteiger partial charge on any atom is -0.465 e. The smallest absolute Gasteiger partial charge is 0.337 e. The second-order valence-corrected chi connectivity index (χ2v) is 6.80. The molecule has 2 aliphatic carbocycles. The zero-order chi connectivity index (χ0) is 15.0. The van der Waals surface area contributed by atoms with Gasteiger partial charge in [-0.1, -0.05) is 13.0 Å². The van der Waals surface area contributed by atoms with Crippen molar-refractivity contribution in [3.05, 3.63) is 34.9 Å². The van der Waals surface area contributed by atoms with E-state index in [2.05, 4.69) is 13.0 Å². The molecule has 1 fully saturated rings. The number of ether oxygens (including phenoxy) is 1. The number of esters is 1. The van der Waals surface area contributed by atoms with Crippen LogP contribution < -0.4 is 0 Å². The first-order valence-electron chi connectivity index (χ1n) is 7.94. The highest BCUT2D eigenvalue weighted by Crippen LogP contribution is 2.48. The van der Waals surface area contributed by atoms with E-state index >= 15 is 0 Å². The van der Waals surface area contributed by atoms with Gasteiger partial charge in [0.2, 0.25) is 0 Å². The minimum absolute atomic E-state index is 0.139. The molecular formula is C18H24O3. The van der Waals surface area contributed by atoms with Crippen molar-refractivity contribution in [2.45, 2.75) is 57.0 Å². The number of aliphatic hydroxyl groups excluding tert-OH is 1. The van der Waals surface area contributed by atoms with Crippen LogP contribution in [0.1, 0.15) is 60.5 Å². The first-order chi connectivity index (χ1) is 10.0. The molecule has 0 bridgehead atoms. The summed E-state index contributed by atoms with van der Waals surface area (Å²) in [7, 11) is 1.42. The second kappa shape index (κ2) is 5.45. The Hall–Kier alpha value is -1.35. The average molecular weight is 288 g/mol. The summed E-state index contributed by atoms with van der Waals surface area (Å²) in [6, 6.07) is 6.03. The van der Waals surface area contributed by atoms with Gasteiger partial charge in [-0.3, -0.25) is 0 Å². The average Bonchev–Trinajstić information content (AvgIpc) is 2.63. The maximum absolute atomic E-state index is 11.7. The van der Waals surface area contributed by atoms with Crippen molar-refractivity contribution in [2.24, 2.45) is 5.92 Å². The maximum Gasteiger partial charge on any atom is 0.337 e. The number of carbonyl (C=O) groups excluding carboxylic acids is 1. The van der Waals surface area contributed by atoms with E-state index in [-0.39, 0.29) is 17.5 Å². The van der Waals surface area contributed by atoms with Crippen molar-refractivity contribution < 1.29 is 14.6 Å². The Morgan fingerprint density at radius 1 is 1.38 bits per heavy atom. The van der Waals surface area contributed by atoms with Gasteiger partial charge in [-0.25, -0.2) is 4.79 Å². The quantitative estimate of drug-likeness (QED) is 0.807. The highest BCUT2D eigenvalue weighted by atomic mass is 16.5. The maximum atomic E-state index is 11.7. The Bertz CT molecular complexity index is 551. The molecule has 3 heteroatoms. The molecule has 1 aromatic rings. The van der Waals surface area contributed by atoms with Gasteiger partial charge >= 0.3 is 5.97 Å². The number of aryl methyl sites for hydroxylation is 1. The van der Waals surface area contributed by atoms with Crippen LogP contribution in [0.15, 0.2) is 18.2 Å². The van der Waals surface area contributed by atoms with E-state index in [4.69, 9.17) is 4.74 Å². The number of rotatable bonds is 1. The standard InChI is InChI=1S/C18H24O3/c1-18-9-8-15(19)11-14(18)5-3-4-12-10-13(17(20)21-2)6-7-16(12)18/h6-7,10,14-15,19H,3-5,8-9,11H2,1-2H3. The fourth-order valence-corrected chi connectivity index (χ4v) is 4.31. The van der Waals surface area contributed by atoms with Gasteiger partial charge in [0.25, 0.3) is 0 Å². The molecule has 0 spiro atoms. The van der Waals surface area contributed by atoms with Crippen LogP contribution in [0.5, 0.6) is 0 Å². The lowest BCUT2D eigenvalue weighted by Gasteiger charge is -2.43. The molecule has 0 aliphatic heterocycles. The molecule has 3 nitrogen and oxygen atoms in total. The lowest BCUT2D eigenvalue weighted by atomic mass is 9.62. The summed E-state index contributed by atoms with van der Waals surface area (Å²) in [5.74, 6) is 0.286. The van der Waals surface area contributed by atoms with E-state index in [1.807, 2.05) is 12.1 Å². The third-order valence-corrected chi connectivity index (χ3v) is 5.59. The van der Waals surface area contributed by atoms with Crippen LogP contribution in [0.4, 0.5) is 0 Å². The third-order valence-electron chi connectivity index (χ3n) is 5.59. The largest absolute Gasteiger partial charge is 0.465 e. The Morgan fingerprint density at radius 2 is 2.19 bits per heavy atom. The van der Waals surface area contributed by atoms with Gasteiger partial charge in [0.15, 0.2) is 0 Å². The SMILES string of the molecule is COC(=O)c1ccc2c(c1)CCCC1CC(O)CCC21C. The fourth-order valence-electron chi connectivity index (χ4n) is 4.31. The lowest BCUT2D eigenvalue weighted by molar-refractivity contribution is 0.0542.